The van der Waals surface area contributed by atoms with Crippen LogP contribution in [0.15, 0.2) is 49.6 Å². The first-order valence-electron chi connectivity index (χ1n) is 7.67. The van der Waals surface area contributed by atoms with Gasteiger partial charge < -0.3 is 10.4 Å². The fraction of sp³-hybridized carbons (Fsp3) is 0.389. The van der Waals surface area contributed by atoms with Crippen LogP contribution < -0.4 is 5.32 Å². The van der Waals surface area contributed by atoms with Crippen molar-refractivity contribution in [3.8, 4) is 0 Å². The molecule has 0 aliphatic heterocycles. The molecule has 0 radical (unpaired) electrons. The van der Waals surface area contributed by atoms with E-state index in [-0.39, 0.29) is 11.8 Å². The van der Waals surface area contributed by atoms with E-state index in [0.29, 0.717) is 19.6 Å². The molecule has 0 spiro atoms. The van der Waals surface area contributed by atoms with Crippen LogP contribution in [-0.4, -0.2) is 35.5 Å². The molecule has 1 aliphatic carbocycles. The molecule has 4 heteroatoms. The van der Waals surface area contributed by atoms with E-state index in [0.717, 1.165) is 24.1 Å². The lowest BCUT2D eigenvalue weighted by Crippen LogP contribution is -2.29. The predicted octanol–water partition coefficient (Wildman–Crippen LogP) is 2.74. The molecule has 0 saturated heterocycles. The molecule has 1 saturated carbocycles. The van der Waals surface area contributed by atoms with Gasteiger partial charge in [0.25, 0.3) is 0 Å². The van der Waals surface area contributed by atoms with Gasteiger partial charge in [0.15, 0.2) is 0 Å². The van der Waals surface area contributed by atoms with Crippen molar-refractivity contribution < 1.29 is 9.90 Å². The molecule has 1 unspecified atom stereocenters. The first-order valence-corrected chi connectivity index (χ1v) is 7.67. The van der Waals surface area contributed by atoms with Gasteiger partial charge >= 0.3 is 0 Å². The van der Waals surface area contributed by atoms with Gasteiger partial charge in [-0.05, 0) is 30.5 Å². The quantitative estimate of drug-likeness (QED) is 0.690. The summed E-state index contributed by atoms with van der Waals surface area (Å²) in [5.74, 6) is 0.285. The number of amides is 1. The zero-order valence-electron chi connectivity index (χ0n) is 12.9. The number of aliphatic hydroxyl groups is 1. The number of nitrogens with one attached hydrogen (secondary N) is 1. The minimum absolute atomic E-state index is 0.0939. The van der Waals surface area contributed by atoms with Crippen molar-refractivity contribution in [3.05, 3.63) is 55.1 Å². The lowest BCUT2D eigenvalue weighted by atomic mass is 10.1. The third-order valence-corrected chi connectivity index (χ3v) is 3.72. The Labute approximate surface area is 132 Å². The number of aliphatic hydroxyl groups excluding tert-OH is 1. The van der Waals surface area contributed by atoms with Crippen LogP contribution in [0.4, 0.5) is 5.69 Å². The van der Waals surface area contributed by atoms with E-state index < -0.39 is 6.10 Å². The molecule has 0 aromatic heterocycles. The molecular formula is C18H24N2O2. The molecule has 1 atom stereocenters. The largest absolute Gasteiger partial charge is 0.387 e. The Kier molecular flexibility index (Phi) is 5.92. The van der Waals surface area contributed by atoms with Crippen molar-refractivity contribution in [2.24, 2.45) is 5.92 Å². The van der Waals surface area contributed by atoms with Crippen molar-refractivity contribution in [2.45, 2.75) is 18.9 Å². The Hall–Kier alpha value is -1.91. The van der Waals surface area contributed by atoms with Crippen molar-refractivity contribution in [2.75, 3.05) is 25.0 Å². The summed E-state index contributed by atoms with van der Waals surface area (Å²) in [5, 5.41) is 13.2. The third-order valence-electron chi connectivity index (χ3n) is 3.72. The number of carbonyl (C=O) groups excluding carboxylic acids is 1. The van der Waals surface area contributed by atoms with Gasteiger partial charge in [-0.3, -0.25) is 9.69 Å². The normalized spacial score (nSPS) is 15.4. The first kappa shape index (κ1) is 16.5. The Morgan fingerprint density at radius 3 is 2.36 bits per heavy atom. The molecule has 0 heterocycles. The Morgan fingerprint density at radius 1 is 1.27 bits per heavy atom. The van der Waals surface area contributed by atoms with Gasteiger partial charge in [0.1, 0.15) is 0 Å². The van der Waals surface area contributed by atoms with E-state index >= 15 is 0 Å². The van der Waals surface area contributed by atoms with Crippen LogP contribution in [-0.2, 0) is 4.79 Å². The summed E-state index contributed by atoms with van der Waals surface area (Å²) in [5.41, 5.74) is 1.62. The van der Waals surface area contributed by atoms with Crippen LogP contribution in [0, 0.1) is 5.92 Å². The molecule has 1 fully saturated rings. The molecule has 118 valence electrons. The van der Waals surface area contributed by atoms with Crippen LogP contribution in [0.5, 0.6) is 0 Å². The summed E-state index contributed by atoms with van der Waals surface area (Å²) in [6.07, 6.45) is 5.03. The summed E-state index contributed by atoms with van der Waals surface area (Å²) in [6.45, 7) is 9.38. The van der Waals surface area contributed by atoms with Gasteiger partial charge in [-0.15, -0.1) is 13.2 Å². The van der Waals surface area contributed by atoms with Crippen molar-refractivity contribution >= 4 is 11.6 Å². The highest BCUT2D eigenvalue weighted by atomic mass is 16.3. The second-order valence-electron chi connectivity index (χ2n) is 5.70. The summed E-state index contributed by atoms with van der Waals surface area (Å²) in [4.78, 5) is 13.8. The third kappa shape index (κ3) is 4.83. The van der Waals surface area contributed by atoms with Gasteiger partial charge in [-0.25, -0.2) is 0 Å². The van der Waals surface area contributed by atoms with Gasteiger partial charge in [0, 0.05) is 31.2 Å². The first-order chi connectivity index (χ1) is 10.6. The predicted molar refractivity (Wildman–Crippen MR) is 89.6 cm³/mol. The molecule has 2 N–H and O–H groups in total. The monoisotopic (exact) mass is 300 g/mol. The fourth-order valence-corrected chi connectivity index (χ4v) is 2.32. The second-order valence-corrected chi connectivity index (χ2v) is 5.70. The van der Waals surface area contributed by atoms with E-state index in [1.54, 1.807) is 0 Å². The minimum atomic E-state index is -0.576. The van der Waals surface area contributed by atoms with Crippen LogP contribution in [0.2, 0.25) is 0 Å². The van der Waals surface area contributed by atoms with Crippen LogP contribution >= 0.6 is 0 Å². The number of carbonyl (C=O) groups is 1. The average Bonchev–Trinajstić information content (AvgIpc) is 3.33. The summed E-state index contributed by atoms with van der Waals surface area (Å²) in [7, 11) is 0. The molecule has 1 aromatic carbocycles. The van der Waals surface area contributed by atoms with Gasteiger partial charge in [0.05, 0.1) is 6.10 Å². The highest BCUT2D eigenvalue weighted by molar-refractivity contribution is 5.93. The maximum Gasteiger partial charge on any atom is 0.227 e. The van der Waals surface area contributed by atoms with Gasteiger partial charge in [-0.2, -0.15) is 0 Å². The number of anilines is 1. The molecule has 0 bridgehead atoms. The van der Waals surface area contributed by atoms with E-state index in [2.05, 4.69) is 23.4 Å². The number of nitrogens with zero attached hydrogens (tertiary/aromatic N) is 1. The van der Waals surface area contributed by atoms with Gasteiger partial charge in [-0.1, -0.05) is 24.3 Å². The SMILES string of the molecule is C=CCN(CC=C)CC(O)c1ccc(NC(=O)C2CC2)cc1. The number of benzene rings is 1. The summed E-state index contributed by atoms with van der Waals surface area (Å²) in [6, 6.07) is 7.38. The topological polar surface area (TPSA) is 52.6 Å². The standard InChI is InChI=1S/C18H24N2O2/c1-3-11-20(12-4-2)13-17(21)14-7-9-16(10-8-14)19-18(22)15-5-6-15/h3-4,7-10,15,17,21H,1-2,5-6,11-13H2,(H,19,22). The molecule has 1 aliphatic rings. The molecule has 1 aromatic rings. The minimum Gasteiger partial charge on any atom is -0.387 e. The molecule has 22 heavy (non-hydrogen) atoms. The Bertz CT molecular complexity index is 510. The lowest BCUT2D eigenvalue weighted by molar-refractivity contribution is -0.117. The molecular weight excluding hydrogens is 276 g/mol. The van der Waals surface area contributed by atoms with E-state index in [4.69, 9.17) is 0 Å². The van der Waals surface area contributed by atoms with E-state index in [1.807, 2.05) is 36.4 Å². The average molecular weight is 300 g/mol. The second kappa shape index (κ2) is 7.92. The van der Waals surface area contributed by atoms with Crippen LogP contribution in [0.3, 0.4) is 0 Å². The highest BCUT2D eigenvalue weighted by Crippen LogP contribution is 2.30. The summed E-state index contributed by atoms with van der Waals surface area (Å²) < 4.78 is 0. The maximum absolute atomic E-state index is 11.7. The van der Waals surface area contributed by atoms with Crippen molar-refractivity contribution in [3.63, 3.8) is 0 Å². The highest BCUT2D eigenvalue weighted by Gasteiger charge is 2.29. The summed E-state index contributed by atoms with van der Waals surface area (Å²) >= 11 is 0. The zero-order valence-corrected chi connectivity index (χ0v) is 12.9. The van der Waals surface area contributed by atoms with E-state index in [1.165, 1.54) is 0 Å². The van der Waals surface area contributed by atoms with Crippen LogP contribution in [0.25, 0.3) is 0 Å². The zero-order chi connectivity index (χ0) is 15.9. The van der Waals surface area contributed by atoms with Gasteiger partial charge in [0.2, 0.25) is 5.91 Å². The number of hydrogen-bond donors (Lipinski definition) is 2. The number of hydrogen-bond acceptors (Lipinski definition) is 3. The Morgan fingerprint density at radius 2 is 1.86 bits per heavy atom. The van der Waals surface area contributed by atoms with E-state index in [9.17, 15) is 9.90 Å². The Balaban J connectivity index is 1.91. The fourth-order valence-electron chi connectivity index (χ4n) is 2.32. The van der Waals surface area contributed by atoms with Crippen LogP contribution in [0.1, 0.15) is 24.5 Å². The molecule has 1 amide bonds. The molecule has 4 nitrogen and oxygen atoms in total. The smallest absolute Gasteiger partial charge is 0.227 e. The molecule has 2 rings (SSSR count). The maximum atomic E-state index is 11.7. The van der Waals surface area contributed by atoms with Crippen molar-refractivity contribution in [1.82, 2.24) is 4.90 Å². The van der Waals surface area contributed by atoms with Crippen molar-refractivity contribution in [1.29, 1.82) is 0 Å². The lowest BCUT2D eigenvalue weighted by Gasteiger charge is -2.22. The number of rotatable bonds is 9.